The van der Waals surface area contributed by atoms with Gasteiger partial charge in [0, 0.05) is 24.3 Å². The van der Waals surface area contributed by atoms with Crippen molar-refractivity contribution in [3.8, 4) is 0 Å². The van der Waals surface area contributed by atoms with Crippen LogP contribution in [0.25, 0.3) is 0 Å². The lowest BCUT2D eigenvalue weighted by Crippen LogP contribution is -2.29. The van der Waals surface area contributed by atoms with Crippen LogP contribution >= 0.6 is 0 Å². The molecule has 1 atom stereocenters. The van der Waals surface area contributed by atoms with E-state index in [-0.39, 0.29) is 11.8 Å². The van der Waals surface area contributed by atoms with Crippen molar-refractivity contribution in [1.29, 1.82) is 0 Å². The summed E-state index contributed by atoms with van der Waals surface area (Å²) in [6.07, 6.45) is 1.34. The zero-order valence-electron chi connectivity index (χ0n) is 10.7. The highest BCUT2D eigenvalue weighted by molar-refractivity contribution is 6.01. The van der Waals surface area contributed by atoms with Gasteiger partial charge in [0.25, 0.3) is 5.91 Å². The molecule has 0 aromatic heterocycles. The molecule has 0 radical (unpaired) electrons. The Labute approximate surface area is 111 Å². The number of benzene rings is 1. The second kappa shape index (κ2) is 4.66. The third-order valence-electron chi connectivity index (χ3n) is 3.88. The Balaban J connectivity index is 1.78. The number of nitrogens with one attached hydrogen (secondary N) is 1. The molecular weight excluding hydrogens is 242 g/mol. The van der Waals surface area contributed by atoms with Gasteiger partial charge in [-0.25, -0.2) is 0 Å². The van der Waals surface area contributed by atoms with Crippen molar-refractivity contribution >= 4 is 17.5 Å². The topological polar surface area (TPSA) is 75.4 Å². The number of carbonyl (C=O) groups is 2. The van der Waals surface area contributed by atoms with Crippen molar-refractivity contribution in [1.82, 2.24) is 4.90 Å². The van der Waals surface area contributed by atoms with Crippen LogP contribution in [-0.4, -0.2) is 36.3 Å². The molecule has 2 aliphatic heterocycles. The van der Waals surface area contributed by atoms with Crippen molar-refractivity contribution in [3.63, 3.8) is 0 Å². The van der Waals surface area contributed by atoms with Crippen molar-refractivity contribution in [2.24, 2.45) is 11.7 Å². The first-order chi connectivity index (χ1) is 9.17. The molecule has 0 bridgehead atoms. The molecule has 3 N–H and O–H groups in total. The Hall–Kier alpha value is -1.88. The monoisotopic (exact) mass is 259 g/mol. The van der Waals surface area contributed by atoms with E-state index in [1.807, 2.05) is 17.0 Å². The molecule has 5 nitrogen and oxygen atoms in total. The maximum Gasteiger partial charge on any atom is 0.253 e. The molecule has 2 heterocycles. The number of hydrogen-bond donors (Lipinski definition) is 2. The van der Waals surface area contributed by atoms with Crippen molar-refractivity contribution in [2.75, 3.05) is 25.0 Å². The highest BCUT2D eigenvalue weighted by Crippen LogP contribution is 2.25. The Morgan fingerprint density at radius 3 is 3.05 bits per heavy atom. The van der Waals surface area contributed by atoms with Crippen molar-refractivity contribution in [3.05, 3.63) is 29.3 Å². The van der Waals surface area contributed by atoms with Crippen molar-refractivity contribution < 1.29 is 9.59 Å². The summed E-state index contributed by atoms with van der Waals surface area (Å²) in [7, 11) is 0. The average Bonchev–Trinajstić information content (AvgIpc) is 3.01. The fraction of sp³-hybridized carbons (Fsp3) is 0.429. The molecular formula is C14H17N3O2. The van der Waals surface area contributed by atoms with Crippen LogP contribution in [0.2, 0.25) is 0 Å². The molecule has 1 aromatic carbocycles. The molecule has 5 heteroatoms. The first-order valence-electron chi connectivity index (χ1n) is 6.59. The predicted octanol–water partition coefficient (Wildman–Crippen LogP) is 0.602. The lowest BCUT2D eigenvalue weighted by molar-refractivity contribution is -0.115. The minimum atomic E-state index is -0.0102. The van der Waals surface area contributed by atoms with E-state index < -0.39 is 0 Å². The van der Waals surface area contributed by atoms with Crippen LogP contribution in [0.15, 0.2) is 18.2 Å². The highest BCUT2D eigenvalue weighted by atomic mass is 16.2. The Kier molecular flexibility index (Phi) is 2.98. The van der Waals surface area contributed by atoms with Gasteiger partial charge in [-0.15, -0.1) is 0 Å². The van der Waals surface area contributed by atoms with Gasteiger partial charge >= 0.3 is 0 Å². The van der Waals surface area contributed by atoms with Crippen LogP contribution in [0.3, 0.4) is 0 Å². The number of rotatable bonds is 2. The van der Waals surface area contributed by atoms with E-state index in [0.717, 1.165) is 30.8 Å². The summed E-state index contributed by atoms with van der Waals surface area (Å²) in [6.45, 7) is 2.14. The fourth-order valence-electron chi connectivity index (χ4n) is 2.75. The Morgan fingerprint density at radius 2 is 2.32 bits per heavy atom. The molecule has 100 valence electrons. The molecule has 1 fully saturated rings. The molecule has 0 spiro atoms. The van der Waals surface area contributed by atoms with Crippen LogP contribution in [0.4, 0.5) is 5.69 Å². The van der Waals surface area contributed by atoms with Crippen LogP contribution in [0.1, 0.15) is 22.3 Å². The fourth-order valence-corrected chi connectivity index (χ4v) is 2.75. The number of carbonyl (C=O) groups excluding carboxylic acids is 2. The van der Waals surface area contributed by atoms with Gasteiger partial charge in [0.1, 0.15) is 0 Å². The number of anilines is 1. The number of likely N-dealkylation sites (tertiary alicyclic amines) is 1. The van der Waals surface area contributed by atoms with Gasteiger partial charge in [-0.1, -0.05) is 0 Å². The normalized spacial score (nSPS) is 21.4. The summed E-state index contributed by atoms with van der Waals surface area (Å²) in [5, 5.41) is 2.77. The SMILES string of the molecule is NCC1CCN(C(=O)c2ccc3c(c2)CC(=O)N3)C1. The molecule has 3 rings (SSSR count). The van der Waals surface area contributed by atoms with Gasteiger partial charge in [0.2, 0.25) is 5.91 Å². The largest absolute Gasteiger partial charge is 0.338 e. The van der Waals surface area contributed by atoms with Gasteiger partial charge in [0.15, 0.2) is 0 Å². The first kappa shape index (κ1) is 12.2. The third-order valence-corrected chi connectivity index (χ3v) is 3.88. The summed E-state index contributed by atoms with van der Waals surface area (Å²) in [4.78, 5) is 25.5. The smallest absolute Gasteiger partial charge is 0.253 e. The zero-order valence-corrected chi connectivity index (χ0v) is 10.7. The molecule has 2 aliphatic rings. The lowest BCUT2D eigenvalue weighted by atomic mass is 10.1. The lowest BCUT2D eigenvalue weighted by Gasteiger charge is -2.16. The highest BCUT2D eigenvalue weighted by Gasteiger charge is 2.27. The number of hydrogen-bond acceptors (Lipinski definition) is 3. The maximum atomic E-state index is 12.4. The van der Waals surface area contributed by atoms with Gasteiger partial charge in [-0.05, 0) is 42.6 Å². The average molecular weight is 259 g/mol. The van der Waals surface area contributed by atoms with Gasteiger partial charge in [0.05, 0.1) is 6.42 Å². The summed E-state index contributed by atoms with van der Waals surface area (Å²) in [6, 6.07) is 5.41. The van der Waals surface area contributed by atoms with Crippen LogP contribution < -0.4 is 11.1 Å². The molecule has 19 heavy (non-hydrogen) atoms. The molecule has 0 saturated carbocycles. The standard InChI is InChI=1S/C14H17N3O2/c15-7-9-3-4-17(8-9)14(19)10-1-2-12-11(5-10)6-13(18)16-12/h1-2,5,9H,3-4,6-8,15H2,(H,16,18). The van der Waals surface area contributed by atoms with Gasteiger partial charge < -0.3 is 16.0 Å². The second-order valence-electron chi connectivity index (χ2n) is 5.24. The van der Waals surface area contributed by atoms with Gasteiger partial charge in [-0.2, -0.15) is 0 Å². The quantitative estimate of drug-likeness (QED) is 0.816. The van der Waals surface area contributed by atoms with E-state index in [1.54, 1.807) is 6.07 Å². The van der Waals surface area contributed by atoms with E-state index in [9.17, 15) is 9.59 Å². The van der Waals surface area contributed by atoms with Crippen molar-refractivity contribution in [2.45, 2.75) is 12.8 Å². The Morgan fingerprint density at radius 1 is 1.47 bits per heavy atom. The molecule has 1 saturated heterocycles. The minimum absolute atomic E-state index is 0.0102. The number of fused-ring (bicyclic) bond motifs is 1. The maximum absolute atomic E-state index is 12.4. The molecule has 1 aromatic rings. The van der Waals surface area contributed by atoms with Crippen LogP contribution in [-0.2, 0) is 11.2 Å². The van der Waals surface area contributed by atoms with Crippen LogP contribution in [0.5, 0.6) is 0 Å². The number of nitrogens with two attached hydrogens (primary N) is 1. The number of amides is 2. The zero-order chi connectivity index (χ0) is 13.4. The molecule has 2 amide bonds. The van der Waals surface area contributed by atoms with Gasteiger partial charge in [-0.3, -0.25) is 9.59 Å². The first-order valence-corrected chi connectivity index (χ1v) is 6.59. The van der Waals surface area contributed by atoms with E-state index in [2.05, 4.69) is 5.32 Å². The van der Waals surface area contributed by atoms with Crippen LogP contribution in [0, 0.1) is 5.92 Å². The molecule has 1 unspecified atom stereocenters. The minimum Gasteiger partial charge on any atom is -0.338 e. The predicted molar refractivity (Wildman–Crippen MR) is 71.8 cm³/mol. The summed E-state index contributed by atoms with van der Waals surface area (Å²) >= 11 is 0. The second-order valence-corrected chi connectivity index (χ2v) is 5.24. The summed E-state index contributed by atoms with van der Waals surface area (Å²) in [5.41, 5.74) is 8.03. The summed E-state index contributed by atoms with van der Waals surface area (Å²) < 4.78 is 0. The van der Waals surface area contributed by atoms with E-state index in [0.29, 0.717) is 24.4 Å². The van der Waals surface area contributed by atoms with E-state index in [4.69, 9.17) is 5.73 Å². The van der Waals surface area contributed by atoms with E-state index >= 15 is 0 Å². The number of nitrogens with zero attached hydrogens (tertiary/aromatic N) is 1. The Bertz CT molecular complexity index is 541. The van der Waals surface area contributed by atoms with E-state index in [1.165, 1.54) is 0 Å². The molecule has 0 aliphatic carbocycles. The third kappa shape index (κ3) is 2.21. The summed E-state index contributed by atoms with van der Waals surface area (Å²) in [5.74, 6) is 0.448.